The lowest BCUT2D eigenvalue weighted by Crippen LogP contribution is -2.60. The minimum Gasteiger partial charge on any atom is -0.377 e. The topological polar surface area (TPSA) is 59.6 Å². The molecule has 2 fully saturated rings. The van der Waals surface area contributed by atoms with Crippen LogP contribution in [0, 0.1) is 11.3 Å². The first-order valence-corrected chi connectivity index (χ1v) is 6.45. The van der Waals surface area contributed by atoms with Gasteiger partial charge in [-0.1, -0.05) is 13.8 Å². The standard InChI is InChI=1S/C13H25N3O.HI/c1-12(2,3)16-11(14)15-9-8-6-7-17-10(8)13(9,4)5;/h8-10H,6-7H2,1-5H3,(H3,14,15,16);1H. The molecule has 18 heavy (non-hydrogen) atoms. The van der Waals surface area contributed by atoms with Gasteiger partial charge in [-0.3, -0.25) is 0 Å². The molecule has 1 saturated heterocycles. The second kappa shape index (κ2) is 5.15. The van der Waals surface area contributed by atoms with Crippen LogP contribution in [0.3, 0.4) is 0 Å². The monoisotopic (exact) mass is 367 g/mol. The van der Waals surface area contributed by atoms with E-state index in [2.05, 4.69) is 44.9 Å². The summed E-state index contributed by atoms with van der Waals surface area (Å²) in [5, 5.41) is 3.22. The first-order valence-electron chi connectivity index (χ1n) is 6.45. The van der Waals surface area contributed by atoms with Gasteiger partial charge in [0.25, 0.3) is 0 Å². The SMILES string of the molecule is CC(C)(C)NC(N)=NC1C2CCOC2C1(C)C.I. The molecule has 0 aromatic heterocycles. The summed E-state index contributed by atoms with van der Waals surface area (Å²) in [6.45, 7) is 11.6. The molecule has 4 nitrogen and oxygen atoms in total. The van der Waals surface area contributed by atoms with Crippen molar-refractivity contribution < 1.29 is 4.74 Å². The number of guanidine groups is 1. The Labute approximate surface area is 127 Å². The molecular weight excluding hydrogens is 341 g/mol. The highest BCUT2D eigenvalue weighted by Gasteiger charge is 2.59. The summed E-state index contributed by atoms with van der Waals surface area (Å²) in [4.78, 5) is 4.67. The molecule has 0 aromatic rings. The molecule has 1 aliphatic carbocycles. The zero-order valence-corrected chi connectivity index (χ0v) is 14.3. The van der Waals surface area contributed by atoms with Crippen LogP contribution in [0.1, 0.15) is 41.0 Å². The fraction of sp³-hybridized carbons (Fsp3) is 0.923. The Balaban J connectivity index is 0.00000162. The first kappa shape index (κ1) is 16.0. The van der Waals surface area contributed by atoms with Gasteiger partial charge in [-0.2, -0.15) is 0 Å². The average molecular weight is 367 g/mol. The minimum absolute atomic E-state index is 0. The normalized spacial score (nSPS) is 34.3. The van der Waals surface area contributed by atoms with E-state index in [1.54, 1.807) is 0 Å². The van der Waals surface area contributed by atoms with Gasteiger partial charge in [-0.15, -0.1) is 24.0 Å². The van der Waals surface area contributed by atoms with Gasteiger partial charge in [0.15, 0.2) is 5.96 Å². The molecule has 2 aliphatic rings. The van der Waals surface area contributed by atoms with Gasteiger partial charge in [0, 0.05) is 23.5 Å². The second-order valence-corrected chi connectivity index (χ2v) is 6.90. The Bertz CT molecular complexity index is 336. The third-order valence-corrected chi connectivity index (χ3v) is 3.82. The molecule has 5 heteroatoms. The molecule has 0 bridgehead atoms. The maximum atomic E-state index is 5.97. The number of aliphatic imine (C=N–C) groups is 1. The molecule has 0 amide bonds. The van der Waals surface area contributed by atoms with Crippen LogP contribution in [0.15, 0.2) is 4.99 Å². The fourth-order valence-corrected chi connectivity index (χ4v) is 3.13. The molecular formula is C13H26IN3O. The Morgan fingerprint density at radius 3 is 2.56 bits per heavy atom. The van der Waals surface area contributed by atoms with Crippen LogP contribution in [0.4, 0.5) is 0 Å². The number of hydrogen-bond donors (Lipinski definition) is 2. The van der Waals surface area contributed by atoms with Crippen molar-refractivity contribution in [2.75, 3.05) is 6.61 Å². The van der Waals surface area contributed by atoms with E-state index in [4.69, 9.17) is 10.5 Å². The molecule has 3 unspecified atom stereocenters. The lowest BCUT2D eigenvalue weighted by Gasteiger charge is -2.52. The third kappa shape index (κ3) is 2.92. The predicted molar refractivity (Wildman–Crippen MR) is 85.3 cm³/mol. The first-order chi connectivity index (χ1) is 7.72. The molecule has 3 atom stereocenters. The minimum atomic E-state index is -0.0347. The Morgan fingerprint density at radius 2 is 2.00 bits per heavy atom. The molecule has 0 aromatic carbocycles. The number of halogens is 1. The van der Waals surface area contributed by atoms with Gasteiger partial charge in [-0.25, -0.2) is 4.99 Å². The summed E-state index contributed by atoms with van der Waals surface area (Å²) in [5.41, 5.74) is 6.05. The number of hydrogen-bond acceptors (Lipinski definition) is 2. The lowest BCUT2D eigenvalue weighted by atomic mass is 9.57. The number of fused-ring (bicyclic) bond motifs is 1. The van der Waals surface area contributed by atoms with Crippen LogP contribution in [0.2, 0.25) is 0 Å². The molecule has 1 aliphatic heterocycles. The van der Waals surface area contributed by atoms with Gasteiger partial charge >= 0.3 is 0 Å². The number of rotatable bonds is 1. The Hall–Kier alpha value is -0.0400. The summed E-state index contributed by atoms with van der Waals surface area (Å²) in [6.07, 6.45) is 1.49. The van der Waals surface area contributed by atoms with Crippen molar-refractivity contribution in [2.45, 2.75) is 58.7 Å². The fourth-order valence-electron chi connectivity index (χ4n) is 3.13. The number of nitrogens with zero attached hydrogens (tertiary/aromatic N) is 1. The quantitative estimate of drug-likeness (QED) is 0.424. The largest absolute Gasteiger partial charge is 0.377 e. The molecule has 0 spiro atoms. The highest BCUT2D eigenvalue weighted by atomic mass is 127. The maximum absolute atomic E-state index is 5.97. The summed E-state index contributed by atoms with van der Waals surface area (Å²) in [6, 6.07) is 0.296. The highest BCUT2D eigenvalue weighted by molar-refractivity contribution is 14.0. The summed E-state index contributed by atoms with van der Waals surface area (Å²) in [5.74, 6) is 1.12. The van der Waals surface area contributed by atoms with E-state index in [9.17, 15) is 0 Å². The van der Waals surface area contributed by atoms with Crippen LogP contribution in [-0.4, -0.2) is 30.3 Å². The van der Waals surface area contributed by atoms with Crippen molar-refractivity contribution >= 4 is 29.9 Å². The number of ether oxygens (including phenoxy) is 1. The van der Waals surface area contributed by atoms with Gasteiger partial charge < -0.3 is 15.8 Å². The van der Waals surface area contributed by atoms with Crippen molar-refractivity contribution in [3.63, 3.8) is 0 Å². The molecule has 1 heterocycles. The zero-order chi connectivity index (χ0) is 12.8. The molecule has 0 radical (unpaired) electrons. The van der Waals surface area contributed by atoms with Gasteiger partial charge in [0.05, 0.1) is 12.1 Å². The number of nitrogens with two attached hydrogens (primary N) is 1. The molecule has 106 valence electrons. The van der Waals surface area contributed by atoms with Crippen LogP contribution < -0.4 is 11.1 Å². The maximum Gasteiger partial charge on any atom is 0.189 e. The van der Waals surface area contributed by atoms with Gasteiger partial charge in [-0.05, 0) is 27.2 Å². The molecule has 3 N–H and O–H groups in total. The van der Waals surface area contributed by atoms with Crippen LogP contribution in [-0.2, 0) is 4.74 Å². The predicted octanol–water partition coefficient (Wildman–Crippen LogP) is 2.12. The third-order valence-electron chi connectivity index (χ3n) is 3.82. The van der Waals surface area contributed by atoms with Crippen LogP contribution >= 0.6 is 24.0 Å². The van der Waals surface area contributed by atoms with E-state index >= 15 is 0 Å². The van der Waals surface area contributed by atoms with Crippen molar-refractivity contribution in [3.05, 3.63) is 0 Å². The average Bonchev–Trinajstić information content (AvgIpc) is 2.57. The van der Waals surface area contributed by atoms with E-state index in [0.29, 0.717) is 24.0 Å². The van der Waals surface area contributed by atoms with E-state index < -0.39 is 0 Å². The van der Waals surface area contributed by atoms with E-state index in [1.807, 2.05) is 0 Å². The van der Waals surface area contributed by atoms with E-state index in [1.165, 1.54) is 0 Å². The smallest absolute Gasteiger partial charge is 0.189 e. The zero-order valence-electron chi connectivity index (χ0n) is 12.0. The summed E-state index contributed by atoms with van der Waals surface area (Å²) >= 11 is 0. The van der Waals surface area contributed by atoms with E-state index in [0.717, 1.165) is 13.0 Å². The molecule has 1 saturated carbocycles. The summed E-state index contributed by atoms with van der Waals surface area (Å²) in [7, 11) is 0. The molecule has 2 rings (SSSR count). The highest BCUT2D eigenvalue weighted by Crippen LogP contribution is 2.53. The van der Waals surface area contributed by atoms with Crippen molar-refractivity contribution in [3.8, 4) is 0 Å². The van der Waals surface area contributed by atoms with Crippen LogP contribution in [0.25, 0.3) is 0 Å². The van der Waals surface area contributed by atoms with Crippen molar-refractivity contribution in [2.24, 2.45) is 22.1 Å². The lowest BCUT2D eigenvalue weighted by molar-refractivity contribution is -0.0986. The Morgan fingerprint density at radius 1 is 1.39 bits per heavy atom. The van der Waals surface area contributed by atoms with Gasteiger partial charge in [0.2, 0.25) is 0 Å². The second-order valence-electron chi connectivity index (χ2n) is 6.90. The number of nitrogens with one attached hydrogen (secondary N) is 1. The van der Waals surface area contributed by atoms with E-state index in [-0.39, 0.29) is 34.9 Å². The van der Waals surface area contributed by atoms with Gasteiger partial charge in [0.1, 0.15) is 0 Å². The van der Waals surface area contributed by atoms with Crippen molar-refractivity contribution in [1.29, 1.82) is 0 Å². The van der Waals surface area contributed by atoms with Crippen LogP contribution in [0.5, 0.6) is 0 Å². The van der Waals surface area contributed by atoms with Crippen molar-refractivity contribution in [1.82, 2.24) is 5.32 Å². The Kier molecular flexibility index (Phi) is 4.58. The summed E-state index contributed by atoms with van der Waals surface area (Å²) < 4.78 is 5.75.